The molecule has 39 heavy (non-hydrogen) atoms. The van der Waals surface area contributed by atoms with Gasteiger partial charge >= 0.3 is 5.97 Å². The van der Waals surface area contributed by atoms with Gasteiger partial charge in [-0.15, -0.1) is 0 Å². The third-order valence-electron chi connectivity index (χ3n) is 5.99. The molecule has 5 unspecified atom stereocenters. The van der Waals surface area contributed by atoms with Crippen molar-refractivity contribution in [2.24, 2.45) is 50.5 Å². The first kappa shape index (κ1) is 35.4. The number of carbonyl (C=O) groups excluding carboxylic acids is 3. The number of hydrogen-bond donors (Lipinski definition) is 9. The van der Waals surface area contributed by atoms with Crippen LogP contribution in [0, 0.1) is 11.8 Å². The molecule has 15 nitrogen and oxygen atoms in total. The normalized spacial score (nSPS) is 14.7. The first-order valence-electron chi connectivity index (χ1n) is 13.2. The highest BCUT2D eigenvalue weighted by Gasteiger charge is 2.32. The van der Waals surface area contributed by atoms with Crippen LogP contribution in [-0.2, 0) is 19.2 Å². The molecule has 0 radical (unpaired) electrons. The number of rotatable bonds is 19. The highest BCUT2D eigenvalue weighted by atomic mass is 16.4. The predicted molar refractivity (Wildman–Crippen MR) is 150 cm³/mol. The fourth-order valence-electron chi connectivity index (χ4n) is 3.64. The summed E-state index contributed by atoms with van der Waals surface area (Å²) in [5, 5.41) is 17.4. The number of carboxylic acids is 1. The largest absolute Gasteiger partial charge is 0.480 e. The van der Waals surface area contributed by atoms with Crippen molar-refractivity contribution in [3.8, 4) is 0 Å². The number of aliphatic carboxylic acids is 1. The molecule has 3 amide bonds. The Kier molecular flexibility index (Phi) is 16.9. The van der Waals surface area contributed by atoms with Crippen LogP contribution < -0.4 is 44.6 Å². The van der Waals surface area contributed by atoms with E-state index in [1.54, 1.807) is 6.92 Å². The molecule has 0 aliphatic rings. The van der Waals surface area contributed by atoms with Crippen LogP contribution >= 0.6 is 0 Å². The summed E-state index contributed by atoms with van der Waals surface area (Å²) in [6, 6.07) is -4.09. The van der Waals surface area contributed by atoms with E-state index in [2.05, 4.69) is 25.9 Å². The Labute approximate surface area is 230 Å². The lowest BCUT2D eigenvalue weighted by Crippen LogP contribution is -2.58. The van der Waals surface area contributed by atoms with Crippen molar-refractivity contribution in [1.29, 1.82) is 0 Å². The third-order valence-corrected chi connectivity index (χ3v) is 5.99. The Balaban J connectivity index is 5.64. The molecule has 0 saturated carbocycles. The summed E-state index contributed by atoms with van der Waals surface area (Å²) in [7, 11) is 0. The maximum Gasteiger partial charge on any atom is 0.326 e. The summed E-state index contributed by atoms with van der Waals surface area (Å²) in [6.45, 7) is 7.87. The summed E-state index contributed by atoms with van der Waals surface area (Å²) in [6.07, 6.45) is 1.88. The van der Waals surface area contributed by atoms with Crippen molar-refractivity contribution in [2.75, 3.05) is 13.1 Å². The van der Waals surface area contributed by atoms with Crippen LogP contribution in [0.3, 0.4) is 0 Å². The van der Waals surface area contributed by atoms with Gasteiger partial charge in [0.15, 0.2) is 11.9 Å². The number of nitrogens with zero attached hydrogens (tertiary/aromatic N) is 2. The molecule has 0 heterocycles. The van der Waals surface area contributed by atoms with Crippen LogP contribution in [0.5, 0.6) is 0 Å². The van der Waals surface area contributed by atoms with Gasteiger partial charge in [0, 0.05) is 13.1 Å². The van der Waals surface area contributed by atoms with Crippen molar-refractivity contribution >= 4 is 35.6 Å². The second-order valence-electron chi connectivity index (χ2n) is 9.97. The molecule has 0 aliphatic carbocycles. The molecule has 0 aliphatic heterocycles. The Morgan fingerprint density at radius 2 is 1.26 bits per heavy atom. The van der Waals surface area contributed by atoms with Gasteiger partial charge in [-0.25, -0.2) is 4.79 Å². The van der Waals surface area contributed by atoms with Crippen LogP contribution in [-0.4, -0.2) is 78.0 Å². The first-order chi connectivity index (χ1) is 18.2. The molecule has 0 aromatic rings. The molecule has 5 atom stereocenters. The van der Waals surface area contributed by atoms with E-state index < -0.39 is 47.9 Å². The van der Waals surface area contributed by atoms with Crippen molar-refractivity contribution in [3.05, 3.63) is 0 Å². The van der Waals surface area contributed by atoms with Crippen molar-refractivity contribution in [2.45, 2.75) is 90.4 Å². The number of carboxylic acid groups (broad SMARTS) is 1. The molecule has 15 heteroatoms. The molecule has 0 aromatic heterocycles. The summed E-state index contributed by atoms with van der Waals surface area (Å²) < 4.78 is 0. The van der Waals surface area contributed by atoms with Gasteiger partial charge in [0.1, 0.15) is 18.1 Å². The minimum absolute atomic E-state index is 0.0796. The Bertz CT molecular complexity index is 856. The van der Waals surface area contributed by atoms with Crippen molar-refractivity contribution < 1.29 is 24.3 Å². The molecule has 0 fully saturated rings. The third kappa shape index (κ3) is 15.4. The van der Waals surface area contributed by atoms with E-state index >= 15 is 0 Å². The second-order valence-corrected chi connectivity index (χ2v) is 9.97. The summed E-state index contributed by atoms with van der Waals surface area (Å²) in [4.78, 5) is 58.5. The van der Waals surface area contributed by atoms with Crippen molar-refractivity contribution in [3.63, 3.8) is 0 Å². The number of nitrogens with two attached hydrogens (primary N) is 5. The zero-order valence-electron chi connectivity index (χ0n) is 23.5. The highest BCUT2D eigenvalue weighted by Crippen LogP contribution is 2.11. The zero-order chi connectivity index (χ0) is 30.1. The Morgan fingerprint density at radius 3 is 1.69 bits per heavy atom. The van der Waals surface area contributed by atoms with Crippen LogP contribution in [0.1, 0.15) is 66.2 Å². The van der Waals surface area contributed by atoms with Gasteiger partial charge in [-0.1, -0.05) is 34.1 Å². The topological polar surface area (TPSA) is 279 Å². The standard InChI is InChI=1S/C24H48N10O5/c1-5-14(4)18(21(37)33-17(22(38)39)9-7-11-31-24(28)29)34-20(36)16(8-6-10-30-23(26)27)32-19(35)15(25)12-13(2)3/h13-18H,5-12,25H2,1-4H3,(H,32,35)(H,33,37)(H,34,36)(H,38,39)(H4,26,27,30)(H4,28,29,31). The molecule has 224 valence electrons. The average molecular weight is 557 g/mol. The molecule has 0 bridgehead atoms. The van der Waals surface area contributed by atoms with E-state index in [4.69, 9.17) is 28.7 Å². The molecule has 0 saturated heterocycles. The monoisotopic (exact) mass is 556 g/mol. The van der Waals surface area contributed by atoms with E-state index in [0.717, 1.165) is 0 Å². The number of guanidine groups is 2. The number of nitrogens with one attached hydrogen (secondary N) is 3. The number of hydrogen-bond acceptors (Lipinski definition) is 7. The summed E-state index contributed by atoms with van der Waals surface area (Å²) in [5.74, 6) is -3.38. The Hall–Kier alpha value is -3.62. The number of amides is 3. The molecular weight excluding hydrogens is 508 g/mol. The lowest BCUT2D eigenvalue weighted by molar-refractivity contribution is -0.143. The quantitative estimate of drug-likeness (QED) is 0.0481. The molecule has 14 N–H and O–H groups in total. The fourth-order valence-corrected chi connectivity index (χ4v) is 3.64. The number of aliphatic imine (C=N–C) groups is 2. The van der Waals surface area contributed by atoms with Gasteiger partial charge in [-0.05, 0) is 43.9 Å². The van der Waals surface area contributed by atoms with E-state index in [1.807, 2.05) is 20.8 Å². The smallest absolute Gasteiger partial charge is 0.326 e. The number of carbonyl (C=O) groups is 4. The summed E-state index contributed by atoms with van der Waals surface area (Å²) in [5.41, 5.74) is 27.3. The lowest BCUT2D eigenvalue weighted by atomic mass is 9.96. The summed E-state index contributed by atoms with van der Waals surface area (Å²) >= 11 is 0. The van der Waals surface area contributed by atoms with Crippen LogP contribution in [0.2, 0.25) is 0 Å². The fraction of sp³-hybridized carbons (Fsp3) is 0.750. The maximum absolute atomic E-state index is 13.3. The van der Waals surface area contributed by atoms with Crippen molar-refractivity contribution in [1.82, 2.24) is 16.0 Å². The lowest BCUT2D eigenvalue weighted by Gasteiger charge is -2.28. The maximum atomic E-state index is 13.3. The van der Waals surface area contributed by atoms with Gasteiger partial charge in [-0.2, -0.15) is 0 Å². The van der Waals surface area contributed by atoms with E-state index in [9.17, 15) is 24.3 Å². The van der Waals surface area contributed by atoms with Crippen LogP contribution in [0.15, 0.2) is 9.98 Å². The van der Waals surface area contributed by atoms with Gasteiger partial charge in [-0.3, -0.25) is 24.4 Å². The zero-order valence-corrected chi connectivity index (χ0v) is 23.5. The molecular formula is C24H48N10O5. The average Bonchev–Trinajstić information content (AvgIpc) is 2.84. The predicted octanol–water partition coefficient (Wildman–Crippen LogP) is -1.95. The Morgan fingerprint density at radius 1 is 0.769 bits per heavy atom. The van der Waals surface area contributed by atoms with E-state index in [1.165, 1.54) is 0 Å². The molecule has 0 aromatic carbocycles. The van der Waals surface area contributed by atoms with Gasteiger partial charge < -0.3 is 49.7 Å². The van der Waals surface area contributed by atoms with Gasteiger partial charge in [0.25, 0.3) is 0 Å². The second kappa shape index (κ2) is 18.6. The minimum Gasteiger partial charge on any atom is -0.480 e. The first-order valence-corrected chi connectivity index (χ1v) is 13.2. The van der Waals surface area contributed by atoms with Crippen LogP contribution in [0.4, 0.5) is 0 Å². The van der Waals surface area contributed by atoms with E-state index in [0.29, 0.717) is 25.7 Å². The van der Waals surface area contributed by atoms with Gasteiger partial charge in [0.05, 0.1) is 6.04 Å². The van der Waals surface area contributed by atoms with E-state index in [-0.39, 0.29) is 49.7 Å². The molecule has 0 spiro atoms. The highest BCUT2D eigenvalue weighted by molar-refractivity contribution is 5.94. The molecule has 0 rings (SSSR count). The van der Waals surface area contributed by atoms with Crippen LogP contribution in [0.25, 0.3) is 0 Å². The minimum atomic E-state index is -1.23. The van der Waals surface area contributed by atoms with Gasteiger partial charge in [0.2, 0.25) is 17.7 Å². The SMILES string of the molecule is CCC(C)C(NC(=O)C(CCCN=C(N)N)NC(=O)C(N)CC(C)C)C(=O)NC(CCCN=C(N)N)C(=O)O.